The summed E-state index contributed by atoms with van der Waals surface area (Å²) in [6.07, 6.45) is 3.65. The lowest BCUT2D eigenvalue weighted by Crippen LogP contribution is -2.46. The predicted octanol–water partition coefficient (Wildman–Crippen LogP) is 7.66. The van der Waals surface area contributed by atoms with Gasteiger partial charge in [-0.05, 0) is 71.3 Å². The summed E-state index contributed by atoms with van der Waals surface area (Å²) in [4.78, 5) is 24.4. The molecule has 0 heterocycles. The SMILES string of the molecule is CCCc1ccc(OP(=O)(CN[C@@H](Cc2ccc(-c3ccccc3)cc2)C(=O)NCCC(=O)O)Oc2ccc(CCC)cc2)cc1. The third-order valence-electron chi connectivity index (χ3n) is 7.40. The molecule has 0 saturated carbocycles. The van der Waals surface area contributed by atoms with Gasteiger partial charge in [0.25, 0.3) is 0 Å². The third kappa shape index (κ3) is 10.9. The smallest absolute Gasteiger partial charge is 0.444 e. The van der Waals surface area contributed by atoms with Gasteiger partial charge in [-0.15, -0.1) is 0 Å². The van der Waals surface area contributed by atoms with E-state index in [9.17, 15) is 14.2 Å². The van der Waals surface area contributed by atoms with Gasteiger partial charge in [0.2, 0.25) is 5.91 Å². The van der Waals surface area contributed by atoms with Crippen molar-refractivity contribution in [1.29, 1.82) is 0 Å². The molecule has 3 N–H and O–H groups in total. The van der Waals surface area contributed by atoms with Crippen LogP contribution in [0.25, 0.3) is 11.1 Å². The van der Waals surface area contributed by atoms with Crippen LogP contribution in [0.2, 0.25) is 0 Å². The number of carbonyl (C=O) groups excluding carboxylic acids is 1. The topological polar surface area (TPSA) is 114 Å². The normalized spacial score (nSPS) is 11.9. The maximum Gasteiger partial charge on any atom is 0.444 e. The maximum absolute atomic E-state index is 14.3. The van der Waals surface area contributed by atoms with Crippen molar-refractivity contribution in [1.82, 2.24) is 10.6 Å². The summed E-state index contributed by atoms with van der Waals surface area (Å²) >= 11 is 0. The second-order valence-corrected chi connectivity index (χ2v) is 13.1. The minimum Gasteiger partial charge on any atom is -0.481 e. The Hall–Kier alpha value is -4.39. The first-order valence-corrected chi connectivity index (χ1v) is 17.5. The number of carbonyl (C=O) groups is 2. The second-order valence-electron chi connectivity index (χ2n) is 11.2. The molecular formula is C37H43N2O6P. The summed E-state index contributed by atoms with van der Waals surface area (Å²) in [5.41, 5.74) is 5.29. The minimum absolute atomic E-state index is 0.0296. The summed E-state index contributed by atoms with van der Waals surface area (Å²) in [5.74, 6) is -0.631. The van der Waals surface area contributed by atoms with Crippen LogP contribution in [0, 0.1) is 0 Å². The van der Waals surface area contributed by atoms with Gasteiger partial charge >= 0.3 is 13.6 Å². The number of hydrogen-bond donors (Lipinski definition) is 3. The molecule has 0 fully saturated rings. The van der Waals surface area contributed by atoms with Crippen LogP contribution in [0.1, 0.15) is 49.8 Å². The fourth-order valence-corrected chi connectivity index (χ4v) is 6.51. The zero-order valence-corrected chi connectivity index (χ0v) is 27.4. The Morgan fingerprint density at radius 2 is 1.22 bits per heavy atom. The molecule has 0 aliphatic heterocycles. The molecule has 0 bridgehead atoms. The molecule has 242 valence electrons. The lowest BCUT2D eigenvalue weighted by Gasteiger charge is -2.24. The molecule has 0 radical (unpaired) electrons. The summed E-state index contributed by atoms with van der Waals surface area (Å²) in [7, 11) is -3.90. The van der Waals surface area contributed by atoms with Crippen molar-refractivity contribution in [3.63, 3.8) is 0 Å². The van der Waals surface area contributed by atoms with Crippen LogP contribution in [-0.4, -0.2) is 35.9 Å². The Morgan fingerprint density at radius 3 is 1.72 bits per heavy atom. The first kappa shape index (κ1) is 34.5. The van der Waals surface area contributed by atoms with Crippen LogP contribution >= 0.6 is 7.60 Å². The minimum atomic E-state index is -3.90. The highest BCUT2D eigenvalue weighted by molar-refractivity contribution is 7.54. The number of amides is 1. The van der Waals surface area contributed by atoms with Crippen molar-refractivity contribution in [3.8, 4) is 22.6 Å². The van der Waals surface area contributed by atoms with Gasteiger partial charge in [-0.3, -0.25) is 14.9 Å². The molecule has 1 amide bonds. The highest BCUT2D eigenvalue weighted by Crippen LogP contribution is 2.47. The molecule has 0 aliphatic rings. The predicted molar refractivity (Wildman–Crippen MR) is 182 cm³/mol. The molecule has 0 aliphatic carbocycles. The quantitative estimate of drug-likeness (QED) is 0.0955. The van der Waals surface area contributed by atoms with Crippen LogP contribution in [-0.2, 0) is 33.4 Å². The monoisotopic (exact) mass is 642 g/mol. The number of hydrogen-bond acceptors (Lipinski definition) is 6. The van der Waals surface area contributed by atoms with Crippen molar-refractivity contribution in [2.75, 3.05) is 12.8 Å². The maximum atomic E-state index is 14.3. The van der Waals surface area contributed by atoms with Gasteiger partial charge in [-0.1, -0.05) is 106 Å². The van der Waals surface area contributed by atoms with Gasteiger partial charge in [-0.2, -0.15) is 0 Å². The molecule has 46 heavy (non-hydrogen) atoms. The van der Waals surface area contributed by atoms with E-state index in [0.717, 1.165) is 53.5 Å². The first-order chi connectivity index (χ1) is 22.3. The summed E-state index contributed by atoms with van der Waals surface area (Å²) in [5, 5.41) is 14.9. The number of rotatable bonds is 18. The summed E-state index contributed by atoms with van der Waals surface area (Å²) < 4.78 is 26.4. The zero-order valence-electron chi connectivity index (χ0n) is 26.5. The number of aliphatic carboxylic acids is 1. The fourth-order valence-electron chi connectivity index (χ4n) is 5.01. The lowest BCUT2D eigenvalue weighted by atomic mass is 10.0. The largest absolute Gasteiger partial charge is 0.481 e. The molecule has 4 aromatic rings. The molecule has 1 atom stereocenters. The summed E-state index contributed by atoms with van der Waals surface area (Å²) in [6.45, 7) is 4.18. The van der Waals surface area contributed by atoms with Gasteiger partial charge in [0.05, 0.1) is 12.5 Å². The molecule has 0 aromatic heterocycles. The van der Waals surface area contributed by atoms with E-state index in [1.165, 1.54) is 0 Å². The average Bonchev–Trinajstić information content (AvgIpc) is 3.05. The Labute approximate surface area is 271 Å². The molecule has 9 heteroatoms. The number of nitrogens with one attached hydrogen (secondary N) is 2. The van der Waals surface area contributed by atoms with Crippen molar-refractivity contribution in [2.45, 2.75) is 58.4 Å². The Bertz CT molecular complexity index is 1520. The number of aryl methyl sites for hydroxylation is 2. The van der Waals surface area contributed by atoms with Crippen LogP contribution < -0.4 is 19.7 Å². The average molecular weight is 643 g/mol. The van der Waals surface area contributed by atoms with Crippen molar-refractivity contribution in [3.05, 3.63) is 120 Å². The van der Waals surface area contributed by atoms with Gasteiger partial charge in [0.15, 0.2) is 0 Å². The molecule has 0 unspecified atom stereocenters. The second kappa shape index (κ2) is 17.3. The Kier molecular flexibility index (Phi) is 13.0. The molecule has 8 nitrogen and oxygen atoms in total. The number of carboxylic acids is 1. The zero-order chi connectivity index (χ0) is 32.8. The van der Waals surface area contributed by atoms with E-state index < -0.39 is 25.5 Å². The van der Waals surface area contributed by atoms with Crippen molar-refractivity contribution >= 4 is 19.5 Å². The van der Waals surface area contributed by atoms with Crippen LogP contribution in [0.3, 0.4) is 0 Å². The first-order valence-electron chi connectivity index (χ1n) is 15.8. The molecule has 0 saturated heterocycles. The standard InChI is InChI=1S/C37H43N2O6P/c1-3-8-28-14-20-33(21-15-28)44-46(43,45-34-22-16-29(9-4-2)17-23-34)27-39-35(37(42)38-25-24-36(40)41)26-30-12-18-32(19-13-30)31-10-6-5-7-11-31/h5-7,10-23,35,39H,3-4,8-9,24-27H2,1-2H3,(H,38,42)(H,40,41)/t35-/m0/s1. The van der Waals surface area contributed by atoms with Crippen LogP contribution in [0.4, 0.5) is 0 Å². The Balaban J connectivity index is 1.55. The van der Waals surface area contributed by atoms with Gasteiger partial charge in [0, 0.05) is 6.54 Å². The molecule has 4 rings (SSSR count). The van der Waals surface area contributed by atoms with E-state index in [1.807, 2.05) is 78.9 Å². The van der Waals surface area contributed by atoms with Crippen molar-refractivity contribution < 1.29 is 28.3 Å². The van der Waals surface area contributed by atoms with E-state index in [4.69, 9.17) is 14.2 Å². The van der Waals surface area contributed by atoms with Gasteiger partial charge in [-0.25, -0.2) is 4.57 Å². The van der Waals surface area contributed by atoms with E-state index in [0.29, 0.717) is 11.5 Å². The van der Waals surface area contributed by atoms with Crippen LogP contribution in [0.15, 0.2) is 103 Å². The van der Waals surface area contributed by atoms with Crippen molar-refractivity contribution in [2.24, 2.45) is 0 Å². The van der Waals surface area contributed by atoms with E-state index >= 15 is 0 Å². The fraction of sp³-hybridized carbons (Fsp3) is 0.297. The van der Waals surface area contributed by atoms with Gasteiger partial charge < -0.3 is 19.5 Å². The van der Waals surface area contributed by atoms with E-state index in [1.54, 1.807) is 24.3 Å². The highest BCUT2D eigenvalue weighted by Gasteiger charge is 2.31. The summed E-state index contributed by atoms with van der Waals surface area (Å²) in [6, 6.07) is 31.9. The molecular weight excluding hydrogens is 599 g/mol. The molecule has 0 spiro atoms. The van der Waals surface area contributed by atoms with E-state index in [-0.39, 0.29) is 25.7 Å². The van der Waals surface area contributed by atoms with Gasteiger partial charge in [0.1, 0.15) is 17.8 Å². The number of carboxylic acid groups (broad SMARTS) is 1. The Morgan fingerprint density at radius 1 is 0.717 bits per heavy atom. The third-order valence-corrected chi connectivity index (χ3v) is 8.95. The van der Waals surface area contributed by atoms with Crippen LogP contribution in [0.5, 0.6) is 11.5 Å². The van der Waals surface area contributed by atoms with E-state index in [2.05, 4.69) is 24.5 Å². The lowest BCUT2D eigenvalue weighted by molar-refractivity contribution is -0.137. The number of benzene rings is 4. The molecule has 4 aromatic carbocycles. The highest BCUT2D eigenvalue weighted by atomic mass is 31.2.